The van der Waals surface area contributed by atoms with Crippen LogP contribution < -0.4 is 0 Å². The Kier molecular flexibility index (Phi) is 7.53. The van der Waals surface area contributed by atoms with E-state index in [2.05, 4.69) is 110 Å². The SMILES string of the molecule is [C-]#[N+]c1ccc(-c2ccc3c(c2)c2ccccc2n3-c2cc(C#N)c(-n3c4ccccc4c4cc(-c5ccc(C#N)cc5)ccc43)cc2-c2ccncc2)cc1. The molecule has 6 nitrogen and oxygen atoms in total. The molecule has 0 aliphatic carbocycles. The number of nitriles is 2. The van der Waals surface area contributed by atoms with Gasteiger partial charge in [0.2, 0.25) is 0 Å². The maximum atomic E-state index is 11.0. The summed E-state index contributed by atoms with van der Waals surface area (Å²) in [4.78, 5) is 7.91. The lowest BCUT2D eigenvalue weighted by molar-refractivity contribution is 1.13. The molecule has 0 saturated carbocycles. The average Bonchev–Trinajstić information content (AvgIpc) is 3.78. The molecule has 0 unspecified atom stereocenters. The van der Waals surface area contributed by atoms with E-state index in [-0.39, 0.29) is 0 Å². The molecule has 7 aromatic carbocycles. The predicted octanol–water partition coefficient (Wildman–Crippen LogP) is 12.6. The minimum atomic E-state index is 0.541. The molecule has 0 aliphatic heterocycles. The quantitative estimate of drug-likeness (QED) is 0.167. The summed E-state index contributed by atoms with van der Waals surface area (Å²) in [5.74, 6) is 0. The predicted molar refractivity (Wildman–Crippen MR) is 225 cm³/mol. The van der Waals surface area contributed by atoms with E-state index < -0.39 is 0 Å². The van der Waals surface area contributed by atoms with Crippen LogP contribution in [0.25, 0.3) is 93.2 Å². The molecule has 0 N–H and O–H groups in total. The first kappa shape index (κ1) is 32.4. The summed E-state index contributed by atoms with van der Waals surface area (Å²) in [5, 5.41) is 24.7. The van der Waals surface area contributed by atoms with E-state index >= 15 is 0 Å². The first-order chi connectivity index (χ1) is 27.6. The molecular weight excluding hydrogens is 685 g/mol. The third kappa shape index (κ3) is 5.12. The first-order valence-corrected chi connectivity index (χ1v) is 18.2. The van der Waals surface area contributed by atoms with Crippen LogP contribution in [-0.4, -0.2) is 14.1 Å². The standard InChI is InChI=1S/C50H28N6/c1-53-39-18-14-34(15-19-39)37-17-21-48-44(27-37)41-7-3-5-9-46(41)56(48)50-28-38(31-52)49(29-42(50)35-22-24-54-25-23-35)55-45-8-4-2-6-40(45)43-26-36(16-20-47(43)55)33-12-10-32(30-51)11-13-33/h2-29H. The highest BCUT2D eigenvalue weighted by molar-refractivity contribution is 6.12. The van der Waals surface area contributed by atoms with Crippen LogP contribution in [-0.2, 0) is 0 Å². The van der Waals surface area contributed by atoms with E-state index in [1.807, 2.05) is 78.9 Å². The molecule has 3 heterocycles. The molecule has 0 saturated heterocycles. The Morgan fingerprint density at radius 1 is 0.464 bits per heavy atom. The van der Waals surface area contributed by atoms with Crippen molar-refractivity contribution in [3.05, 3.63) is 193 Å². The number of pyridine rings is 1. The van der Waals surface area contributed by atoms with Gasteiger partial charge in [-0.25, -0.2) is 4.85 Å². The van der Waals surface area contributed by atoms with Gasteiger partial charge in [0.15, 0.2) is 5.69 Å². The molecule has 6 heteroatoms. The molecule has 10 rings (SSSR count). The minimum absolute atomic E-state index is 0.541. The highest BCUT2D eigenvalue weighted by atomic mass is 15.0. The third-order valence-corrected chi connectivity index (χ3v) is 10.7. The molecule has 0 spiro atoms. The van der Waals surface area contributed by atoms with Crippen molar-refractivity contribution in [1.29, 1.82) is 10.5 Å². The Hall–Kier alpha value is -8.24. The molecular formula is C50H28N6. The number of hydrogen-bond acceptors (Lipinski definition) is 3. The molecule has 10 aromatic rings. The van der Waals surface area contributed by atoms with Crippen LogP contribution in [0.5, 0.6) is 0 Å². The van der Waals surface area contributed by atoms with Crippen LogP contribution in [0.3, 0.4) is 0 Å². The number of hydrogen-bond donors (Lipinski definition) is 0. The Morgan fingerprint density at radius 2 is 0.982 bits per heavy atom. The summed E-state index contributed by atoms with van der Waals surface area (Å²) >= 11 is 0. The lowest BCUT2D eigenvalue weighted by Gasteiger charge is -2.19. The Balaban J connectivity index is 1.23. The van der Waals surface area contributed by atoms with Gasteiger partial charge in [0.25, 0.3) is 0 Å². The molecule has 0 aliphatic rings. The topological polar surface area (TPSA) is 74.7 Å². The lowest BCUT2D eigenvalue weighted by Crippen LogP contribution is -2.04. The van der Waals surface area contributed by atoms with Gasteiger partial charge >= 0.3 is 0 Å². The van der Waals surface area contributed by atoms with E-state index in [4.69, 9.17) is 6.57 Å². The zero-order valence-electron chi connectivity index (χ0n) is 29.8. The zero-order chi connectivity index (χ0) is 37.8. The fourth-order valence-electron chi connectivity index (χ4n) is 8.09. The number of fused-ring (bicyclic) bond motifs is 6. The summed E-state index contributed by atoms with van der Waals surface area (Å²) in [6.07, 6.45) is 3.61. The van der Waals surface area contributed by atoms with Crippen molar-refractivity contribution in [2.24, 2.45) is 0 Å². The smallest absolute Gasteiger partial charge is 0.187 e. The summed E-state index contributed by atoms with van der Waals surface area (Å²) in [7, 11) is 0. The van der Waals surface area contributed by atoms with Crippen molar-refractivity contribution < 1.29 is 0 Å². The monoisotopic (exact) mass is 712 g/mol. The number of aromatic nitrogens is 3. The van der Waals surface area contributed by atoms with Gasteiger partial charge in [-0.3, -0.25) is 4.98 Å². The Bertz CT molecular complexity index is 3310. The largest absolute Gasteiger partial charge is 0.309 e. The molecule has 56 heavy (non-hydrogen) atoms. The average molecular weight is 713 g/mol. The summed E-state index contributed by atoms with van der Waals surface area (Å²) < 4.78 is 4.48. The second-order valence-corrected chi connectivity index (χ2v) is 13.8. The van der Waals surface area contributed by atoms with Crippen LogP contribution in [0.2, 0.25) is 0 Å². The summed E-state index contributed by atoms with van der Waals surface area (Å²) in [6, 6.07) is 58.0. The highest BCUT2D eigenvalue weighted by Crippen LogP contribution is 2.42. The van der Waals surface area contributed by atoms with Crippen molar-refractivity contribution in [3.8, 4) is 56.9 Å². The van der Waals surface area contributed by atoms with Crippen LogP contribution in [0.15, 0.2) is 170 Å². The van der Waals surface area contributed by atoms with Crippen LogP contribution >= 0.6 is 0 Å². The minimum Gasteiger partial charge on any atom is -0.309 e. The summed E-state index contributed by atoms with van der Waals surface area (Å²) in [6.45, 7) is 7.37. The maximum Gasteiger partial charge on any atom is 0.187 e. The molecule has 0 radical (unpaired) electrons. The summed E-state index contributed by atoms with van der Waals surface area (Å²) in [5.41, 5.74) is 13.6. The molecule has 258 valence electrons. The van der Waals surface area contributed by atoms with E-state index in [1.54, 1.807) is 12.4 Å². The van der Waals surface area contributed by atoms with Crippen molar-refractivity contribution >= 4 is 49.3 Å². The van der Waals surface area contributed by atoms with E-state index in [0.717, 1.165) is 88.4 Å². The van der Waals surface area contributed by atoms with E-state index in [9.17, 15) is 10.5 Å². The van der Waals surface area contributed by atoms with E-state index in [1.165, 1.54) is 0 Å². The molecule has 0 amide bonds. The van der Waals surface area contributed by atoms with Crippen LogP contribution in [0.1, 0.15) is 11.1 Å². The van der Waals surface area contributed by atoms with Gasteiger partial charge < -0.3 is 9.13 Å². The second-order valence-electron chi connectivity index (χ2n) is 13.8. The fourth-order valence-corrected chi connectivity index (χ4v) is 8.09. The molecule has 3 aromatic heterocycles. The lowest BCUT2D eigenvalue weighted by atomic mass is 9.99. The van der Waals surface area contributed by atoms with Gasteiger partial charge in [-0.2, -0.15) is 10.5 Å². The first-order valence-electron chi connectivity index (χ1n) is 18.2. The molecule has 0 fully saturated rings. The molecule has 0 atom stereocenters. The zero-order valence-corrected chi connectivity index (χ0v) is 29.8. The van der Waals surface area contributed by atoms with Crippen molar-refractivity contribution in [2.75, 3.05) is 0 Å². The van der Waals surface area contributed by atoms with Crippen molar-refractivity contribution in [1.82, 2.24) is 14.1 Å². The fraction of sp³-hybridized carbons (Fsp3) is 0. The van der Waals surface area contributed by atoms with Crippen molar-refractivity contribution in [2.45, 2.75) is 0 Å². The third-order valence-electron chi connectivity index (χ3n) is 10.7. The maximum absolute atomic E-state index is 11.0. The van der Waals surface area contributed by atoms with Crippen molar-refractivity contribution in [3.63, 3.8) is 0 Å². The molecule has 0 bridgehead atoms. The van der Waals surface area contributed by atoms with Gasteiger partial charge in [-0.1, -0.05) is 84.9 Å². The van der Waals surface area contributed by atoms with Gasteiger partial charge in [-0.05, 0) is 101 Å². The number of nitrogens with zero attached hydrogens (tertiary/aromatic N) is 6. The normalized spacial score (nSPS) is 11.2. The second kappa shape index (κ2) is 13.0. The highest BCUT2D eigenvalue weighted by Gasteiger charge is 2.22. The van der Waals surface area contributed by atoms with Gasteiger partial charge in [-0.15, -0.1) is 0 Å². The number of benzene rings is 7. The number of rotatable bonds is 5. The van der Waals surface area contributed by atoms with Gasteiger partial charge in [0.05, 0.1) is 57.2 Å². The number of para-hydroxylation sites is 2. The van der Waals surface area contributed by atoms with Crippen LogP contribution in [0.4, 0.5) is 5.69 Å². The van der Waals surface area contributed by atoms with Crippen LogP contribution in [0, 0.1) is 29.2 Å². The van der Waals surface area contributed by atoms with Gasteiger partial charge in [0.1, 0.15) is 6.07 Å². The van der Waals surface area contributed by atoms with E-state index in [0.29, 0.717) is 16.8 Å². The van der Waals surface area contributed by atoms with Gasteiger partial charge in [0, 0.05) is 39.5 Å². The Labute approximate surface area is 322 Å². The Morgan fingerprint density at radius 3 is 1.54 bits per heavy atom.